The van der Waals surface area contributed by atoms with E-state index in [1.165, 1.54) is 0 Å². The summed E-state index contributed by atoms with van der Waals surface area (Å²) in [5.74, 6) is -0.482. The minimum Gasteiger partial charge on any atom is -0.348 e. The molecule has 1 aliphatic rings. The fourth-order valence-electron chi connectivity index (χ4n) is 2.15. The number of piperazine rings is 1. The lowest BCUT2D eigenvalue weighted by atomic mass is 10.1. The van der Waals surface area contributed by atoms with E-state index in [4.69, 9.17) is 0 Å². The lowest BCUT2D eigenvalue weighted by Gasteiger charge is -2.38. The smallest absolute Gasteiger partial charge is 0.249 e. The van der Waals surface area contributed by atoms with Crippen molar-refractivity contribution in [2.24, 2.45) is 0 Å². The summed E-state index contributed by atoms with van der Waals surface area (Å²) in [5.41, 5.74) is 2.02. The molecule has 1 aromatic rings. The number of nitrogens with one attached hydrogen (secondary N) is 1. The number of hydrogen-bond acceptors (Lipinski definition) is 3. The fraction of sp³-hybridized carbons (Fsp3) is 0.385. The van der Waals surface area contributed by atoms with E-state index in [0.717, 1.165) is 11.3 Å². The zero-order valence-electron chi connectivity index (χ0n) is 10.2. The van der Waals surface area contributed by atoms with Gasteiger partial charge in [-0.2, -0.15) is 0 Å². The number of carbonyl (C=O) groups is 2. The van der Waals surface area contributed by atoms with Crippen LogP contribution in [-0.4, -0.2) is 23.9 Å². The van der Waals surface area contributed by atoms with Crippen LogP contribution in [0.2, 0.25) is 0 Å². The number of aryl methyl sites for hydroxylation is 1. The van der Waals surface area contributed by atoms with Crippen LogP contribution in [0.5, 0.6) is 0 Å². The van der Waals surface area contributed by atoms with E-state index >= 15 is 0 Å². The molecule has 1 saturated heterocycles. The Morgan fingerprint density at radius 3 is 2.24 bits per heavy atom. The molecule has 2 atom stereocenters. The topological polar surface area (TPSA) is 49.4 Å². The number of amides is 2. The molecule has 2 unspecified atom stereocenters. The summed E-state index contributed by atoms with van der Waals surface area (Å²) >= 11 is 0. The monoisotopic (exact) mass is 232 g/mol. The maximum atomic E-state index is 11.6. The van der Waals surface area contributed by atoms with Crippen molar-refractivity contribution in [2.75, 3.05) is 4.90 Å². The van der Waals surface area contributed by atoms with Crippen LogP contribution in [-0.2, 0) is 9.59 Å². The quantitative estimate of drug-likeness (QED) is 0.741. The Morgan fingerprint density at radius 2 is 1.71 bits per heavy atom. The Kier molecular flexibility index (Phi) is 2.88. The van der Waals surface area contributed by atoms with Crippen LogP contribution in [0.25, 0.3) is 0 Å². The normalized spacial score (nSPS) is 24.8. The highest BCUT2D eigenvalue weighted by Crippen LogP contribution is 2.23. The Morgan fingerprint density at radius 1 is 1.12 bits per heavy atom. The van der Waals surface area contributed by atoms with Crippen LogP contribution in [0.4, 0.5) is 5.69 Å². The lowest BCUT2D eigenvalue weighted by Crippen LogP contribution is -2.61. The van der Waals surface area contributed by atoms with Gasteiger partial charge >= 0.3 is 0 Å². The minimum atomic E-state index is -0.329. The maximum Gasteiger partial charge on any atom is 0.249 e. The van der Waals surface area contributed by atoms with Crippen LogP contribution in [0.15, 0.2) is 24.3 Å². The van der Waals surface area contributed by atoms with E-state index in [1.54, 1.807) is 13.8 Å². The summed E-state index contributed by atoms with van der Waals surface area (Å²) in [4.78, 5) is 25.1. The summed E-state index contributed by atoms with van der Waals surface area (Å²) < 4.78 is 0. The van der Waals surface area contributed by atoms with E-state index in [0.29, 0.717) is 0 Å². The van der Waals surface area contributed by atoms with E-state index < -0.39 is 0 Å². The highest BCUT2D eigenvalue weighted by Gasteiger charge is 2.36. The molecule has 2 amide bonds. The molecule has 0 bridgehead atoms. The third-order valence-electron chi connectivity index (χ3n) is 3.14. The first-order valence-corrected chi connectivity index (χ1v) is 5.70. The predicted octanol–water partition coefficient (Wildman–Crippen LogP) is 1.23. The van der Waals surface area contributed by atoms with Crippen molar-refractivity contribution in [3.05, 3.63) is 29.8 Å². The van der Waals surface area contributed by atoms with E-state index in [9.17, 15) is 9.59 Å². The maximum absolute atomic E-state index is 11.6. The van der Waals surface area contributed by atoms with Gasteiger partial charge in [0.05, 0.1) is 0 Å². The molecule has 17 heavy (non-hydrogen) atoms. The van der Waals surface area contributed by atoms with Gasteiger partial charge in [0.15, 0.2) is 0 Å². The van der Waals surface area contributed by atoms with Crippen molar-refractivity contribution >= 4 is 17.5 Å². The standard InChI is InChI=1S/C13H16N2O2/c1-8-5-4-6-11(7-8)15-9(2)12(16)14-13(17)10(15)3/h4-7,9-10H,1-3H3,(H,14,16,17). The van der Waals surface area contributed by atoms with Gasteiger partial charge in [0.25, 0.3) is 0 Å². The summed E-state index contributed by atoms with van der Waals surface area (Å²) in [7, 11) is 0. The molecule has 0 radical (unpaired) electrons. The van der Waals surface area contributed by atoms with Gasteiger partial charge in [-0.05, 0) is 38.5 Å². The molecular formula is C13H16N2O2. The molecule has 4 nitrogen and oxygen atoms in total. The first-order valence-electron chi connectivity index (χ1n) is 5.70. The summed E-state index contributed by atoms with van der Waals surface area (Å²) in [6.07, 6.45) is 0. The van der Waals surface area contributed by atoms with Crippen molar-refractivity contribution in [1.82, 2.24) is 5.32 Å². The molecule has 0 saturated carbocycles. The van der Waals surface area contributed by atoms with Gasteiger partial charge < -0.3 is 4.90 Å². The van der Waals surface area contributed by atoms with Crippen molar-refractivity contribution in [2.45, 2.75) is 32.9 Å². The molecule has 2 rings (SSSR count). The average Bonchev–Trinajstić information content (AvgIpc) is 2.27. The Balaban J connectivity index is 2.40. The second-order valence-electron chi connectivity index (χ2n) is 4.45. The highest BCUT2D eigenvalue weighted by molar-refractivity contribution is 6.06. The molecule has 1 fully saturated rings. The van der Waals surface area contributed by atoms with Crippen LogP contribution < -0.4 is 10.2 Å². The Bertz CT molecular complexity index is 450. The number of benzene rings is 1. The molecule has 0 aliphatic carbocycles. The predicted molar refractivity (Wildman–Crippen MR) is 65.7 cm³/mol. The van der Waals surface area contributed by atoms with Crippen LogP contribution in [0.3, 0.4) is 0 Å². The van der Waals surface area contributed by atoms with Crippen LogP contribution >= 0.6 is 0 Å². The summed E-state index contributed by atoms with van der Waals surface area (Å²) in [6, 6.07) is 7.17. The minimum absolute atomic E-state index is 0.241. The second-order valence-corrected chi connectivity index (χ2v) is 4.45. The number of carbonyl (C=O) groups excluding carboxylic acids is 2. The van der Waals surface area contributed by atoms with Crippen LogP contribution in [0.1, 0.15) is 19.4 Å². The summed E-state index contributed by atoms with van der Waals surface area (Å²) in [6.45, 7) is 5.60. The third-order valence-corrected chi connectivity index (χ3v) is 3.14. The molecular weight excluding hydrogens is 216 g/mol. The highest BCUT2D eigenvalue weighted by atomic mass is 16.2. The fourth-order valence-corrected chi connectivity index (χ4v) is 2.15. The van der Waals surface area contributed by atoms with E-state index in [-0.39, 0.29) is 23.9 Å². The van der Waals surface area contributed by atoms with Gasteiger partial charge in [0, 0.05) is 5.69 Å². The molecule has 90 valence electrons. The average molecular weight is 232 g/mol. The van der Waals surface area contributed by atoms with Crippen molar-refractivity contribution in [3.63, 3.8) is 0 Å². The molecule has 1 aromatic carbocycles. The zero-order chi connectivity index (χ0) is 12.6. The number of nitrogens with zero attached hydrogens (tertiary/aromatic N) is 1. The number of hydrogen-bond donors (Lipinski definition) is 1. The third kappa shape index (κ3) is 2.02. The Hall–Kier alpha value is -1.84. The Labute approximate surface area is 101 Å². The van der Waals surface area contributed by atoms with Crippen molar-refractivity contribution < 1.29 is 9.59 Å². The number of rotatable bonds is 1. The number of anilines is 1. The number of imide groups is 1. The van der Waals surface area contributed by atoms with Gasteiger partial charge in [-0.15, -0.1) is 0 Å². The van der Waals surface area contributed by atoms with Gasteiger partial charge in [0.1, 0.15) is 12.1 Å². The van der Waals surface area contributed by atoms with Crippen molar-refractivity contribution in [3.8, 4) is 0 Å². The molecule has 0 spiro atoms. The van der Waals surface area contributed by atoms with Gasteiger partial charge in [-0.3, -0.25) is 14.9 Å². The second kappa shape index (κ2) is 4.20. The van der Waals surface area contributed by atoms with Gasteiger partial charge in [-0.1, -0.05) is 12.1 Å². The van der Waals surface area contributed by atoms with E-state index in [2.05, 4.69) is 5.32 Å². The van der Waals surface area contributed by atoms with Crippen molar-refractivity contribution in [1.29, 1.82) is 0 Å². The van der Waals surface area contributed by atoms with E-state index in [1.807, 2.05) is 36.1 Å². The first kappa shape index (κ1) is 11.6. The molecule has 1 aliphatic heterocycles. The SMILES string of the molecule is Cc1cccc(N2C(C)C(=O)NC(=O)C2C)c1. The lowest BCUT2D eigenvalue weighted by molar-refractivity contribution is -0.134. The largest absolute Gasteiger partial charge is 0.348 e. The van der Waals surface area contributed by atoms with Gasteiger partial charge in [0.2, 0.25) is 11.8 Å². The molecule has 4 heteroatoms. The molecule has 1 N–H and O–H groups in total. The van der Waals surface area contributed by atoms with Gasteiger partial charge in [-0.25, -0.2) is 0 Å². The first-order chi connectivity index (χ1) is 8.00. The zero-order valence-corrected chi connectivity index (χ0v) is 10.2. The molecule has 0 aromatic heterocycles. The molecule has 1 heterocycles. The van der Waals surface area contributed by atoms with Crippen LogP contribution in [0, 0.1) is 6.92 Å². The summed E-state index contributed by atoms with van der Waals surface area (Å²) in [5, 5.41) is 2.37.